The number of pyridine rings is 1. The summed E-state index contributed by atoms with van der Waals surface area (Å²) in [5.74, 6) is 2.18. The van der Waals surface area contributed by atoms with Crippen LogP contribution in [0.25, 0.3) is 10.9 Å². The standard InChI is InChI=1S/C23H29N5O3/c1-5-28-21-18(15(2)26-28)8-11-24-22(21)27-12-9-16(10-13-27)23(29)25-19-14-17(30-3)6-7-20(19)31-4/h6-8,11,14,16H,5,9-10,12-13H2,1-4H3,(H,25,29). The molecule has 164 valence electrons. The van der Waals surface area contributed by atoms with Crippen LogP contribution in [0, 0.1) is 12.8 Å². The average molecular weight is 424 g/mol. The fraction of sp³-hybridized carbons (Fsp3) is 0.435. The van der Waals surface area contributed by atoms with Gasteiger partial charge in [0.15, 0.2) is 5.82 Å². The molecule has 1 fully saturated rings. The molecule has 4 rings (SSSR count). The van der Waals surface area contributed by atoms with Crippen LogP contribution in [0.5, 0.6) is 11.5 Å². The molecule has 1 saturated heterocycles. The molecule has 1 N–H and O–H groups in total. The number of methoxy groups -OCH3 is 2. The van der Waals surface area contributed by atoms with Crippen molar-refractivity contribution in [3.8, 4) is 11.5 Å². The summed E-state index contributed by atoms with van der Waals surface area (Å²) < 4.78 is 12.7. The van der Waals surface area contributed by atoms with Crippen LogP contribution in [-0.4, -0.2) is 48.0 Å². The maximum Gasteiger partial charge on any atom is 0.227 e. The van der Waals surface area contributed by atoms with Gasteiger partial charge in [-0.05, 0) is 44.9 Å². The van der Waals surface area contributed by atoms with Crippen molar-refractivity contribution in [2.45, 2.75) is 33.2 Å². The Morgan fingerprint density at radius 3 is 2.65 bits per heavy atom. The van der Waals surface area contributed by atoms with Gasteiger partial charge in [0.05, 0.1) is 25.6 Å². The number of nitrogens with zero attached hydrogens (tertiary/aromatic N) is 4. The maximum atomic E-state index is 12.9. The number of rotatable bonds is 6. The van der Waals surface area contributed by atoms with Crippen LogP contribution >= 0.6 is 0 Å². The van der Waals surface area contributed by atoms with Crippen LogP contribution in [0.1, 0.15) is 25.5 Å². The Balaban J connectivity index is 1.47. The minimum atomic E-state index is -0.0656. The molecule has 1 amide bonds. The Labute approximate surface area is 182 Å². The first kappa shape index (κ1) is 21.0. The zero-order chi connectivity index (χ0) is 22.0. The summed E-state index contributed by atoms with van der Waals surface area (Å²) in [6, 6.07) is 7.41. The smallest absolute Gasteiger partial charge is 0.227 e. The molecule has 0 spiro atoms. The molecule has 0 bridgehead atoms. The van der Waals surface area contributed by atoms with E-state index in [2.05, 4.69) is 27.2 Å². The molecule has 3 heterocycles. The van der Waals surface area contributed by atoms with Crippen molar-refractivity contribution in [3.05, 3.63) is 36.2 Å². The molecule has 0 atom stereocenters. The van der Waals surface area contributed by atoms with Gasteiger partial charge in [0.25, 0.3) is 0 Å². The molecule has 31 heavy (non-hydrogen) atoms. The van der Waals surface area contributed by atoms with Crippen LogP contribution in [0.4, 0.5) is 11.5 Å². The number of carbonyl (C=O) groups excluding carboxylic acids is 1. The van der Waals surface area contributed by atoms with Crippen LogP contribution in [0.3, 0.4) is 0 Å². The van der Waals surface area contributed by atoms with Crippen LogP contribution in [0.15, 0.2) is 30.5 Å². The highest BCUT2D eigenvalue weighted by Gasteiger charge is 2.28. The van der Waals surface area contributed by atoms with E-state index in [9.17, 15) is 4.79 Å². The molecule has 2 aromatic heterocycles. The van der Waals surface area contributed by atoms with Gasteiger partial charge in [-0.1, -0.05) is 0 Å². The monoisotopic (exact) mass is 423 g/mol. The quantitative estimate of drug-likeness (QED) is 0.652. The third-order valence-electron chi connectivity index (χ3n) is 5.95. The van der Waals surface area contributed by atoms with Crippen LogP contribution < -0.4 is 19.7 Å². The molecule has 1 aromatic carbocycles. The molecule has 0 aliphatic carbocycles. The Morgan fingerprint density at radius 2 is 1.97 bits per heavy atom. The number of hydrogen-bond acceptors (Lipinski definition) is 6. The molecule has 8 heteroatoms. The van der Waals surface area contributed by atoms with Crippen molar-refractivity contribution >= 4 is 28.3 Å². The number of piperidine rings is 1. The number of ether oxygens (including phenoxy) is 2. The molecule has 3 aromatic rings. The van der Waals surface area contributed by atoms with E-state index in [4.69, 9.17) is 9.47 Å². The lowest BCUT2D eigenvalue weighted by molar-refractivity contribution is -0.120. The highest BCUT2D eigenvalue weighted by molar-refractivity contribution is 5.95. The second-order valence-electron chi connectivity index (χ2n) is 7.75. The number of fused-ring (bicyclic) bond motifs is 1. The predicted octanol–water partition coefficient (Wildman–Crippen LogP) is 3.63. The fourth-order valence-corrected chi connectivity index (χ4v) is 4.23. The highest BCUT2D eigenvalue weighted by Crippen LogP contribution is 2.32. The number of aryl methyl sites for hydroxylation is 2. The van der Waals surface area contributed by atoms with E-state index >= 15 is 0 Å². The van der Waals surface area contributed by atoms with E-state index in [1.807, 2.05) is 29.9 Å². The molecule has 1 aliphatic heterocycles. The number of aromatic nitrogens is 3. The van der Waals surface area contributed by atoms with Gasteiger partial charge < -0.3 is 19.7 Å². The zero-order valence-electron chi connectivity index (χ0n) is 18.5. The number of hydrogen-bond donors (Lipinski definition) is 1. The van der Waals surface area contributed by atoms with Gasteiger partial charge in [-0.25, -0.2) is 4.98 Å². The van der Waals surface area contributed by atoms with Crippen LogP contribution in [0.2, 0.25) is 0 Å². The maximum absolute atomic E-state index is 12.9. The molecule has 1 aliphatic rings. The summed E-state index contributed by atoms with van der Waals surface area (Å²) in [6.45, 7) is 6.46. The van der Waals surface area contributed by atoms with E-state index in [-0.39, 0.29) is 11.8 Å². The Morgan fingerprint density at radius 1 is 1.19 bits per heavy atom. The van der Waals surface area contributed by atoms with Gasteiger partial charge in [0.1, 0.15) is 17.0 Å². The van der Waals surface area contributed by atoms with E-state index in [0.29, 0.717) is 17.2 Å². The van der Waals surface area contributed by atoms with E-state index in [1.165, 1.54) is 0 Å². The highest BCUT2D eigenvalue weighted by atomic mass is 16.5. The SMILES string of the molecule is CCn1nc(C)c2ccnc(N3CCC(C(=O)Nc4cc(OC)ccc4OC)CC3)c21. The number of amides is 1. The summed E-state index contributed by atoms with van der Waals surface area (Å²) in [5.41, 5.74) is 2.72. The third kappa shape index (κ3) is 4.02. The van der Waals surface area contributed by atoms with Gasteiger partial charge in [0, 0.05) is 43.2 Å². The number of benzene rings is 1. The predicted molar refractivity (Wildman–Crippen MR) is 121 cm³/mol. The van der Waals surface area contributed by atoms with Gasteiger partial charge in [-0.2, -0.15) is 5.10 Å². The molecule has 0 saturated carbocycles. The Bertz CT molecular complexity index is 1090. The van der Waals surface area contributed by atoms with Gasteiger partial charge in [-0.3, -0.25) is 9.48 Å². The zero-order valence-corrected chi connectivity index (χ0v) is 18.5. The number of carbonyl (C=O) groups is 1. The van der Waals surface area contributed by atoms with Crippen molar-refractivity contribution in [1.82, 2.24) is 14.8 Å². The number of nitrogens with one attached hydrogen (secondary N) is 1. The Hall–Kier alpha value is -3.29. The van der Waals surface area contributed by atoms with Crippen LogP contribution in [-0.2, 0) is 11.3 Å². The molecule has 8 nitrogen and oxygen atoms in total. The lowest BCUT2D eigenvalue weighted by Crippen LogP contribution is -2.38. The molecule has 0 radical (unpaired) electrons. The second kappa shape index (κ2) is 8.83. The van der Waals surface area contributed by atoms with Gasteiger partial charge in [-0.15, -0.1) is 0 Å². The third-order valence-corrected chi connectivity index (χ3v) is 5.95. The lowest BCUT2D eigenvalue weighted by atomic mass is 9.95. The average Bonchev–Trinajstić information content (AvgIpc) is 3.15. The Kier molecular flexibility index (Phi) is 5.97. The first-order valence-corrected chi connectivity index (χ1v) is 10.7. The van der Waals surface area contributed by atoms with Crippen molar-refractivity contribution in [2.75, 3.05) is 37.5 Å². The van der Waals surface area contributed by atoms with E-state index in [0.717, 1.165) is 54.9 Å². The van der Waals surface area contributed by atoms with Crippen molar-refractivity contribution in [2.24, 2.45) is 5.92 Å². The molecular weight excluding hydrogens is 394 g/mol. The minimum absolute atomic E-state index is 0.00631. The minimum Gasteiger partial charge on any atom is -0.497 e. The largest absolute Gasteiger partial charge is 0.497 e. The summed E-state index contributed by atoms with van der Waals surface area (Å²) in [7, 11) is 3.19. The normalized spacial score (nSPS) is 14.6. The van der Waals surface area contributed by atoms with Crippen molar-refractivity contribution in [3.63, 3.8) is 0 Å². The topological polar surface area (TPSA) is 81.5 Å². The van der Waals surface area contributed by atoms with Crippen molar-refractivity contribution in [1.29, 1.82) is 0 Å². The van der Waals surface area contributed by atoms with Crippen molar-refractivity contribution < 1.29 is 14.3 Å². The summed E-state index contributed by atoms with van der Waals surface area (Å²) in [4.78, 5) is 19.9. The fourth-order valence-electron chi connectivity index (χ4n) is 4.23. The lowest BCUT2D eigenvalue weighted by Gasteiger charge is -2.32. The first-order valence-electron chi connectivity index (χ1n) is 10.7. The van der Waals surface area contributed by atoms with Gasteiger partial charge in [0.2, 0.25) is 5.91 Å². The van der Waals surface area contributed by atoms with Gasteiger partial charge >= 0.3 is 0 Å². The molecular formula is C23H29N5O3. The van der Waals surface area contributed by atoms with E-state index in [1.54, 1.807) is 26.4 Å². The summed E-state index contributed by atoms with van der Waals surface area (Å²) in [5, 5.41) is 8.80. The molecule has 0 unspecified atom stereocenters. The number of anilines is 2. The first-order chi connectivity index (χ1) is 15.0. The summed E-state index contributed by atoms with van der Waals surface area (Å²) in [6.07, 6.45) is 3.37. The second-order valence-corrected chi connectivity index (χ2v) is 7.75. The van der Waals surface area contributed by atoms with E-state index < -0.39 is 0 Å². The summed E-state index contributed by atoms with van der Waals surface area (Å²) >= 11 is 0.